The van der Waals surface area contributed by atoms with Crippen LogP contribution < -0.4 is 11.5 Å². The van der Waals surface area contributed by atoms with Gasteiger partial charge in [0.05, 0.1) is 21.9 Å². The molecule has 1 heterocycles. The van der Waals surface area contributed by atoms with E-state index in [9.17, 15) is 4.79 Å². The average Bonchev–Trinajstić information content (AvgIpc) is 2.92. The maximum atomic E-state index is 12.2. The highest BCUT2D eigenvalue weighted by Gasteiger charge is 2.19. The minimum Gasteiger partial charge on any atom is -0.398 e. The predicted octanol–water partition coefficient (Wildman–Crippen LogP) is 3.73. The Hall–Kier alpha value is -1.95. The monoisotopic (exact) mass is 331 g/mol. The van der Waals surface area contributed by atoms with Gasteiger partial charge in [-0.05, 0) is 31.2 Å². The smallest absolute Gasteiger partial charge is 0.181 e. The Morgan fingerprint density at radius 2 is 2.05 bits per heavy atom. The maximum absolute atomic E-state index is 12.2. The number of fused-ring (bicyclic) bond motifs is 1. The van der Waals surface area contributed by atoms with Crippen molar-refractivity contribution in [2.24, 2.45) is 5.73 Å². The number of benzene rings is 2. The zero-order valence-corrected chi connectivity index (χ0v) is 13.4. The molecule has 22 heavy (non-hydrogen) atoms. The Kier molecular flexibility index (Phi) is 3.87. The normalized spacial score (nSPS) is 12.5. The summed E-state index contributed by atoms with van der Waals surface area (Å²) in [6, 6.07) is 10.5. The minimum atomic E-state index is -0.635. The third-order valence-electron chi connectivity index (χ3n) is 3.35. The summed E-state index contributed by atoms with van der Waals surface area (Å²) in [7, 11) is 0. The van der Waals surface area contributed by atoms with Crippen LogP contribution in [0.15, 0.2) is 36.4 Å². The molecule has 0 spiro atoms. The second-order valence-electron chi connectivity index (χ2n) is 5.05. The fourth-order valence-electron chi connectivity index (χ4n) is 2.23. The average molecular weight is 332 g/mol. The summed E-state index contributed by atoms with van der Waals surface area (Å²) >= 11 is 7.66. The van der Waals surface area contributed by atoms with E-state index in [0.29, 0.717) is 21.8 Å². The molecule has 2 aromatic carbocycles. The van der Waals surface area contributed by atoms with Crippen LogP contribution in [0, 0.1) is 0 Å². The summed E-state index contributed by atoms with van der Waals surface area (Å²) in [5.41, 5.74) is 14.1. The van der Waals surface area contributed by atoms with Gasteiger partial charge in [-0.25, -0.2) is 4.98 Å². The number of Topliss-reactive ketones (excluding diaryl/α,β-unsaturated/α-hetero) is 1. The molecular formula is C16H14ClN3OS. The molecule has 4 N–H and O–H groups in total. The predicted molar refractivity (Wildman–Crippen MR) is 92.5 cm³/mol. The number of halogens is 1. The van der Waals surface area contributed by atoms with E-state index in [1.807, 2.05) is 24.3 Å². The van der Waals surface area contributed by atoms with E-state index in [2.05, 4.69) is 4.98 Å². The van der Waals surface area contributed by atoms with Crippen molar-refractivity contribution in [2.45, 2.75) is 13.0 Å². The highest BCUT2D eigenvalue weighted by molar-refractivity contribution is 7.21. The minimum absolute atomic E-state index is 0.234. The molecule has 3 rings (SSSR count). The SMILES string of the molecule is C[C@H](N)C(=O)c1cc(Cl)cc(-c2nc3ccccc3s2)c1N. The molecular weight excluding hydrogens is 318 g/mol. The van der Waals surface area contributed by atoms with Crippen molar-refractivity contribution in [2.75, 3.05) is 5.73 Å². The van der Waals surface area contributed by atoms with Crippen molar-refractivity contribution in [1.29, 1.82) is 0 Å². The molecule has 1 aromatic heterocycles. The van der Waals surface area contributed by atoms with Gasteiger partial charge in [-0.3, -0.25) is 4.79 Å². The number of anilines is 1. The van der Waals surface area contributed by atoms with Gasteiger partial charge in [0.2, 0.25) is 0 Å². The number of rotatable bonds is 3. The molecule has 0 unspecified atom stereocenters. The van der Waals surface area contributed by atoms with Crippen LogP contribution in [-0.4, -0.2) is 16.8 Å². The number of nitrogens with two attached hydrogens (primary N) is 2. The Morgan fingerprint density at radius 1 is 1.32 bits per heavy atom. The second-order valence-corrected chi connectivity index (χ2v) is 6.52. The summed E-state index contributed by atoms with van der Waals surface area (Å²) in [5.74, 6) is -0.234. The third kappa shape index (κ3) is 2.59. The van der Waals surface area contributed by atoms with Gasteiger partial charge in [0.15, 0.2) is 5.78 Å². The van der Waals surface area contributed by atoms with E-state index >= 15 is 0 Å². The van der Waals surface area contributed by atoms with Crippen molar-refractivity contribution >= 4 is 44.6 Å². The van der Waals surface area contributed by atoms with Crippen LogP contribution in [0.25, 0.3) is 20.8 Å². The fraction of sp³-hybridized carbons (Fsp3) is 0.125. The standard InChI is InChI=1S/C16H14ClN3OS/c1-8(18)15(21)10-6-9(17)7-11(14(10)19)16-20-12-4-2-3-5-13(12)22-16/h2-8H,18-19H2,1H3/t8-/m0/s1. The van der Waals surface area contributed by atoms with Crippen LogP contribution in [0.1, 0.15) is 17.3 Å². The van der Waals surface area contributed by atoms with Crippen LogP contribution in [-0.2, 0) is 0 Å². The summed E-state index contributed by atoms with van der Waals surface area (Å²) in [6.07, 6.45) is 0. The van der Waals surface area contributed by atoms with E-state index < -0.39 is 6.04 Å². The van der Waals surface area contributed by atoms with Gasteiger partial charge in [-0.15, -0.1) is 11.3 Å². The van der Waals surface area contributed by atoms with Gasteiger partial charge in [0, 0.05) is 16.1 Å². The lowest BCUT2D eigenvalue weighted by atomic mass is 10.0. The molecule has 0 bridgehead atoms. The number of para-hydroxylation sites is 1. The summed E-state index contributed by atoms with van der Waals surface area (Å²) in [4.78, 5) is 16.8. The number of nitrogen functional groups attached to an aromatic ring is 1. The van der Waals surface area contributed by atoms with Crippen LogP contribution in [0.4, 0.5) is 5.69 Å². The van der Waals surface area contributed by atoms with Crippen molar-refractivity contribution in [3.8, 4) is 10.6 Å². The summed E-state index contributed by atoms with van der Waals surface area (Å²) in [6.45, 7) is 1.63. The molecule has 1 atom stereocenters. The molecule has 0 radical (unpaired) electrons. The van der Waals surface area contributed by atoms with Crippen LogP contribution in [0.2, 0.25) is 5.02 Å². The van der Waals surface area contributed by atoms with Crippen molar-refractivity contribution in [1.82, 2.24) is 4.98 Å². The number of hydrogen-bond donors (Lipinski definition) is 2. The van der Waals surface area contributed by atoms with Gasteiger partial charge in [-0.1, -0.05) is 23.7 Å². The molecule has 6 heteroatoms. The van der Waals surface area contributed by atoms with Gasteiger partial charge in [0.25, 0.3) is 0 Å². The lowest BCUT2D eigenvalue weighted by molar-refractivity contribution is 0.0969. The number of thiazole rings is 1. The zero-order valence-electron chi connectivity index (χ0n) is 11.8. The molecule has 0 fully saturated rings. The number of hydrogen-bond acceptors (Lipinski definition) is 5. The lowest BCUT2D eigenvalue weighted by Crippen LogP contribution is -2.27. The van der Waals surface area contributed by atoms with E-state index in [-0.39, 0.29) is 5.78 Å². The Balaban J connectivity index is 2.20. The molecule has 0 saturated carbocycles. The quantitative estimate of drug-likeness (QED) is 0.566. The van der Waals surface area contributed by atoms with E-state index in [1.165, 1.54) is 11.3 Å². The Morgan fingerprint density at radius 3 is 2.73 bits per heavy atom. The number of nitrogens with zero attached hydrogens (tertiary/aromatic N) is 1. The van der Waals surface area contributed by atoms with Crippen molar-refractivity contribution < 1.29 is 4.79 Å². The summed E-state index contributed by atoms with van der Waals surface area (Å²) < 4.78 is 1.05. The van der Waals surface area contributed by atoms with Crippen molar-refractivity contribution in [3.05, 3.63) is 47.0 Å². The topological polar surface area (TPSA) is 82.0 Å². The molecule has 4 nitrogen and oxygen atoms in total. The molecule has 0 aliphatic carbocycles. The molecule has 0 saturated heterocycles. The van der Waals surface area contributed by atoms with Crippen LogP contribution in [0.5, 0.6) is 0 Å². The van der Waals surface area contributed by atoms with Crippen LogP contribution in [0.3, 0.4) is 0 Å². The number of carbonyl (C=O) groups excluding carboxylic acids is 1. The molecule has 0 aliphatic rings. The van der Waals surface area contributed by atoms with E-state index in [4.69, 9.17) is 23.1 Å². The second kappa shape index (κ2) is 5.68. The fourth-order valence-corrected chi connectivity index (χ4v) is 3.45. The molecule has 3 aromatic rings. The summed E-state index contributed by atoms with van der Waals surface area (Å²) in [5, 5.41) is 1.17. The third-order valence-corrected chi connectivity index (χ3v) is 4.64. The number of carbonyl (C=O) groups is 1. The first-order valence-electron chi connectivity index (χ1n) is 6.72. The highest BCUT2D eigenvalue weighted by atomic mass is 35.5. The van der Waals surface area contributed by atoms with Crippen molar-refractivity contribution in [3.63, 3.8) is 0 Å². The molecule has 0 amide bonds. The van der Waals surface area contributed by atoms with Gasteiger partial charge in [-0.2, -0.15) is 0 Å². The Labute approximate surface area is 136 Å². The molecule has 0 aliphatic heterocycles. The largest absolute Gasteiger partial charge is 0.398 e. The maximum Gasteiger partial charge on any atom is 0.181 e. The Bertz CT molecular complexity index is 840. The van der Waals surface area contributed by atoms with Gasteiger partial charge in [0.1, 0.15) is 5.01 Å². The number of aromatic nitrogens is 1. The first-order valence-corrected chi connectivity index (χ1v) is 7.91. The van der Waals surface area contributed by atoms with Gasteiger partial charge >= 0.3 is 0 Å². The zero-order chi connectivity index (χ0) is 15.9. The van der Waals surface area contributed by atoms with E-state index in [1.54, 1.807) is 19.1 Å². The molecule has 112 valence electrons. The highest BCUT2D eigenvalue weighted by Crippen LogP contribution is 2.37. The first-order chi connectivity index (χ1) is 10.5. The van der Waals surface area contributed by atoms with Crippen LogP contribution >= 0.6 is 22.9 Å². The van der Waals surface area contributed by atoms with Gasteiger partial charge < -0.3 is 11.5 Å². The first kappa shape index (κ1) is 15.0. The van der Waals surface area contributed by atoms with E-state index in [0.717, 1.165) is 15.2 Å². The number of ketones is 1. The lowest BCUT2D eigenvalue weighted by Gasteiger charge is -2.11.